The van der Waals surface area contributed by atoms with Crippen LogP contribution in [0.15, 0.2) is 42.5 Å². The van der Waals surface area contributed by atoms with Crippen molar-refractivity contribution >= 4 is 29.4 Å². The number of para-hydroxylation sites is 1. The number of anilines is 1. The summed E-state index contributed by atoms with van der Waals surface area (Å²) in [6.07, 6.45) is 2.01. The average Bonchev–Trinajstić information content (AvgIpc) is 3.54. The molecule has 0 spiro atoms. The van der Waals surface area contributed by atoms with E-state index in [2.05, 4.69) is 58.9 Å². The number of ether oxygens (including phenoxy) is 1. The largest absolute Gasteiger partial charge is 0.496 e. The van der Waals surface area contributed by atoms with Crippen LogP contribution >= 0.6 is 11.8 Å². The first-order chi connectivity index (χ1) is 18.6. The summed E-state index contributed by atoms with van der Waals surface area (Å²) in [6.45, 7) is 12.1. The Morgan fingerprint density at radius 1 is 1.10 bits per heavy atom. The zero-order chi connectivity index (χ0) is 27.9. The summed E-state index contributed by atoms with van der Waals surface area (Å²) >= 11 is 1.58. The summed E-state index contributed by atoms with van der Waals surface area (Å²) in [6, 6.07) is 14.2. The quantitative estimate of drug-likeness (QED) is 0.418. The van der Waals surface area contributed by atoms with Crippen molar-refractivity contribution in [1.29, 1.82) is 0 Å². The molecule has 206 valence electrons. The average molecular weight is 547 g/mol. The lowest BCUT2D eigenvalue weighted by atomic mass is 9.87. The molecule has 3 heterocycles. The molecule has 7 nitrogen and oxygen atoms in total. The molecule has 0 N–H and O–H groups in total. The SMILES string of the molecule is COc1ccccc1C1SCC(=O)N(CC(=O)N2CCCC2)c2c1c(C(C)(C)C)nn2-c1ccc(C)cc1C. The Kier molecular flexibility index (Phi) is 7.51. The topological polar surface area (TPSA) is 67.7 Å². The van der Waals surface area contributed by atoms with Crippen molar-refractivity contribution in [1.82, 2.24) is 14.7 Å². The molecule has 1 unspecified atom stereocenters. The van der Waals surface area contributed by atoms with Crippen LogP contribution in [0.4, 0.5) is 5.82 Å². The van der Waals surface area contributed by atoms with Gasteiger partial charge in [0.25, 0.3) is 0 Å². The van der Waals surface area contributed by atoms with Gasteiger partial charge in [-0.1, -0.05) is 56.7 Å². The molecule has 0 radical (unpaired) electrons. The van der Waals surface area contributed by atoms with Crippen LogP contribution in [0.1, 0.15) is 66.8 Å². The molecule has 3 aromatic rings. The van der Waals surface area contributed by atoms with Crippen molar-refractivity contribution in [2.24, 2.45) is 0 Å². The second-order valence-electron chi connectivity index (χ2n) is 11.5. The standard InChI is InChI=1S/C31H38N4O3S/c1-20-13-14-23(21(2)17-20)35-30-27(29(32-35)31(3,4)5)28(22-11-7-8-12-24(22)38-6)39-19-26(37)34(30)18-25(36)33-15-9-10-16-33/h7-8,11-14,17,28H,9-10,15-16,18-19H2,1-6H3. The van der Waals surface area contributed by atoms with E-state index in [4.69, 9.17) is 9.84 Å². The molecule has 0 aliphatic carbocycles. The first-order valence-electron chi connectivity index (χ1n) is 13.6. The van der Waals surface area contributed by atoms with Crippen LogP contribution in [0.25, 0.3) is 5.69 Å². The number of likely N-dealkylation sites (tertiary alicyclic amines) is 1. The van der Waals surface area contributed by atoms with E-state index in [9.17, 15) is 9.59 Å². The fourth-order valence-corrected chi connectivity index (χ4v) is 6.84. The molecule has 2 aliphatic heterocycles. The Hall–Kier alpha value is -3.26. The van der Waals surface area contributed by atoms with Gasteiger partial charge in [-0.2, -0.15) is 5.10 Å². The molecule has 2 aliphatic rings. The normalized spacial score (nSPS) is 17.8. The highest BCUT2D eigenvalue weighted by atomic mass is 32.2. The lowest BCUT2D eigenvalue weighted by molar-refractivity contribution is -0.130. The van der Waals surface area contributed by atoms with Crippen LogP contribution in [0.2, 0.25) is 0 Å². The molecule has 39 heavy (non-hydrogen) atoms. The van der Waals surface area contributed by atoms with E-state index < -0.39 is 0 Å². The third-order valence-electron chi connectivity index (χ3n) is 7.55. The molecule has 2 aromatic carbocycles. The van der Waals surface area contributed by atoms with E-state index in [1.165, 1.54) is 0 Å². The van der Waals surface area contributed by atoms with E-state index in [1.807, 2.05) is 27.8 Å². The zero-order valence-electron chi connectivity index (χ0n) is 23.8. The van der Waals surface area contributed by atoms with Gasteiger partial charge in [0, 0.05) is 29.6 Å². The van der Waals surface area contributed by atoms with Crippen LogP contribution in [-0.4, -0.2) is 59.0 Å². The summed E-state index contributed by atoms with van der Waals surface area (Å²) in [4.78, 5) is 30.9. The molecular weight excluding hydrogens is 508 g/mol. The number of methoxy groups -OCH3 is 1. The number of carbonyl (C=O) groups excluding carboxylic acids is 2. The number of amides is 2. The number of aromatic nitrogens is 2. The Labute approximate surface area is 235 Å². The Morgan fingerprint density at radius 2 is 1.82 bits per heavy atom. The second kappa shape index (κ2) is 10.7. The number of carbonyl (C=O) groups is 2. The fourth-order valence-electron chi connectivity index (χ4n) is 5.61. The van der Waals surface area contributed by atoms with Crippen LogP contribution in [-0.2, 0) is 15.0 Å². The van der Waals surface area contributed by atoms with Gasteiger partial charge < -0.3 is 9.64 Å². The van der Waals surface area contributed by atoms with Gasteiger partial charge in [0.05, 0.1) is 29.5 Å². The van der Waals surface area contributed by atoms with Gasteiger partial charge in [0.1, 0.15) is 18.1 Å². The minimum Gasteiger partial charge on any atom is -0.496 e. The maximum absolute atomic E-state index is 13.9. The summed E-state index contributed by atoms with van der Waals surface area (Å²) in [7, 11) is 1.68. The predicted molar refractivity (Wildman–Crippen MR) is 157 cm³/mol. The highest BCUT2D eigenvalue weighted by molar-refractivity contribution is 8.00. The third kappa shape index (κ3) is 5.19. The molecule has 1 saturated heterocycles. The molecule has 1 aromatic heterocycles. The molecule has 1 fully saturated rings. The summed E-state index contributed by atoms with van der Waals surface area (Å²) in [5.41, 5.74) is 5.69. The van der Waals surface area contributed by atoms with Gasteiger partial charge in [-0.05, 0) is 44.4 Å². The van der Waals surface area contributed by atoms with E-state index in [1.54, 1.807) is 23.8 Å². The molecular formula is C31H38N4O3S. The molecule has 1 atom stereocenters. The molecule has 8 heteroatoms. The maximum Gasteiger partial charge on any atom is 0.242 e. The third-order valence-corrected chi connectivity index (χ3v) is 8.79. The number of hydrogen-bond donors (Lipinski definition) is 0. The summed E-state index contributed by atoms with van der Waals surface area (Å²) in [5.74, 6) is 1.61. The van der Waals surface area contributed by atoms with Crippen LogP contribution < -0.4 is 9.64 Å². The minimum atomic E-state index is -0.313. The van der Waals surface area contributed by atoms with Crippen molar-refractivity contribution in [3.63, 3.8) is 0 Å². The van der Waals surface area contributed by atoms with E-state index in [0.29, 0.717) is 5.82 Å². The van der Waals surface area contributed by atoms with Gasteiger partial charge >= 0.3 is 0 Å². The van der Waals surface area contributed by atoms with E-state index >= 15 is 0 Å². The lowest BCUT2D eigenvalue weighted by Gasteiger charge is -2.26. The first kappa shape index (κ1) is 27.3. The zero-order valence-corrected chi connectivity index (χ0v) is 24.6. The molecule has 5 rings (SSSR count). The maximum atomic E-state index is 13.9. The molecule has 0 saturated carbocycles. The number of thioether (sulfide) groups is 1. The number of hydrogen-bond acceptors (Lipinski definition) is 5. The van der Waals surface area contributed by atoms with E-state index in [-0.39, 0.29) is 34.8 Å². The van der Waals surface area contributed by atoms with Crippen molar-refractivity contribution in [2.45, 2.75) is 58.1 Å². The highest BCUT2D eigenvalue weighted by Crippen LogP contribution is 2.50. The number of benzene rings is 2. The van der Waals surface area contributed by atoms with Crippen LogP contribution in [0.5, 0.6) is 5.75 Å². The summed E-state index contributed by atoms with van der Waals surface area (Å²) in [5, 5.41) is 5.04. The smallest absolute Gasteiger partial charge is 0.242 e. The van der Waals surface area contributed by atoms with Crippen LogP contribution in [0.3, 0.4) is 0 Å². The van der Waals surface area contributed by atoms with E-state index in [0.717, 1.165) is 65.3 Å². The van der Waals surface area contributed by atoms with Crippen molar-refractivity contribution in [3.05, 3.63) is 70.4 Å². The first-order valence-corrected chi connectivity index (χ1v) is 14.7. The monoisotopic (exact) mass is 546 g/mol. The highest BCUT2D eigenvalue weighted by Gasteiger charge is 2.41. The van der Waals surface area contributed by atoms with Gasteiger partial charge in [0.15, 0.2) is 0 Å². The Balaban J connectivity index is 1.79. The molecule has 2 amide bonds. The van der Waals surface area contributed by atoms with Crippen LogP contribution in [0, 0.1) is 13.8 Å². The number of nitrogens with zero attached hydrogens (tertiary/aromatic N) is 4. The lowest BCUT2D eigenvalue weighted by Crippen LogP contribution is -2.43. The van der Waals surface area contributed by atoms with Gasteiger partial charge in [0.2, 0.25) is 11.8 Å². The van der Waals surface area contributed by atoms with Gasteiger partial charge in [-0.25, -0.2) is 4.68 Å². The van der Waals surface area contributed by atoms with Crippen molar-refractivity contribution < 1.29 is 14.3 Å². The van der Waals surface area contributed by atoms with Crippen molar-refractivity contribution in [3.8, 4) is 11.4 Å². The number of fused-ring (bicyclic) bond motifs is 1. The predicted octanol–water partition coefficient (Wildman–Crippen LogP) is 5.59. The van der Waals surface area contributed by atoms with Gasteiger partial charge in [-0.15, -0.1) is 11.8 Å². The van der Waals surface area contributed by atoms with Crippen molar-refractivity contribution in [2.75, 3.05) is 37.4 Å². The summed E-state index contributed by atoms with van der Waals surface area (Å²) < 4.78 is 7.70. The second-order valence-corrected chi connectivity index (χ2v) is 12.6. The number of rotatable bonds is 5. The Bertz CT molecular complexity index is 1400. The number of aryl methyl sites for hydroxylation is 2. The fraction of sp³-hybridized carbons (Fsp3) is 0.452. The van der Waals surface area contributed by atoms with Gasteiger partial charge in [-0.3, -0.25) is 14.5 Å². The minimum absolute atomic E-state index is 0.00518. The Morgan fingerprint density at radius 3 is 2.49 bits per heavy atom. The molecule has 0 bridgehead atoms.